The van der Waals surface area contributed by atoms with Crippen LogP contribution in [0, 0.1) is 0 Å². The first-order valence-electron chi connectivity index (χ1n) is 16.7. The molecule has 0 fully saturated rings. The Balaban J connectivity index is 0.000000138. The Labute approximate surface area is 305 Å². The van der Waals surface area contributed by atoms with Gasteiger partial charge in [-0.05, 0) is 47.2 Å². The lowest BCUT2D eigenvalue weighted by atomic mass is 10.1. The van der Waals surface area contributed by atoms with E-state index in [9.17, 15) is 9.59 Å². The molecule has 14 heteroatoms. The number of anilines is 4. The van der Waals surface area contributed by atoms with Crippen molar-refractivity contribution < 1.29 is 9.59 Å². The number of carbonyl (C=O) groups is 2. The van der Waals surface area contributed by atoms with Crippen LogP contribution in [0.2, 0.25) is 0 Å². The molecule has 8 heterocycles. The summed E-state index contributed by atoms with van der Waals surface area (Å²) in [5.41, 5.74) is 9.11. The van der Waals surface area contributed by atoms with E-state index in [0.29, 0.717) is 24.5 Å². The van der Waals surface area contributed by atoms with Crippen molar-refractivity contribution in [3.05, 3.63) is 120 Å². The third kappa shape index (κ3) is 5.73. The first kappa shape index (κ1) is 31.6. The van der Waals surface area contributed by atoms with Crippen molar-refractivity contribution in [2.24, 2.45) is 0 Å². The summed E-state index contributed by atoms with van der Waals surface area (Å²) in [6, 6.07) is 23.7. The van der Waals surface area contributed by atoms with Crippen LogP contribution in [-0.4, -0.2) is 54.0 Å². The van der Waals surface area contributed by atoms with E-state index < -0.39 is 0 Å². The zero-order valence-corrected chi connectivity index (χ0v) is 29.2. The highest BCUT2D eigenvalue weighted by molar-refractivity contribution is 7.17. The molecular weight excluding hydrogens is 693 g/mol. The van der Waals surface area contributed by atoms with Crippen molar-refractivity contribution in [1.29, 1.82) is 0 Å². The minimum atomic E-state index is -0.0726. The van der Waals surface area contributed by atoms with E-state index >= 15 is 0 Å². The van der Waals surface area contributed by atoms with Crippen LogP contribution in [0.4, 0.5) is 22.7 Å². The van der Waals surface area contributed by atoms with Gasteiger partial charge in [0.05, 0.1) is 33.0 Å². The van der Waals surface area contributed by atoms with Gasteiger partial charge < -0.3 is 30.4 Å². The van der Waals surface area contributed by atoms with E-state index in [0.717, 1.165) is 78.8 Å². The second kappa shape index (κ2) is 13.4. The molecule has 0 saturated heterocycles. The average molecular weight is 723 g/mol. The summed E-state index contributed by atoms with van der Waals surface area (Å²) in [5.74, 6) is -0.144. The maximum atomic E-state index is 12.6. The molecule has 2 aliphatic rings. The standard InChI is InChI=1S/2C19H15N5OS/c25-19-17-15(23-12-4-2-1-3-5-12)13(10-24(17)8-7-20-19)16-18-14(6-9-26-18)21-11-22-16;25-18-17-16(23-12-4-2-1-3-5-12)14(10-24(17)8-7-20-18)15-13-6-9-26-19(13)22-11-21-15/h2*1-6,9-11,23H,7-8H2,(H,20,25). The molecule has 0 aliphatic carbocycles. The van der Waals surface area contributed by atoms with E-state index in [1.807, 2.05) is 105 Å². The number of hydrogen-bond donors (Lipinski definition) is 4. The molecule has 6 aromatic heterocycles. The summed E-state index contributed by atoms with van der Waals surface area (Å²) in [7, 11) is 0. The third-order valence-electron chi connectivity index (χ3n) is 8.96. The first-order chi connectivity index (χ1) is 25.6. The Bertz CT molecular complexity index is 2410. The molecule has 4 N–H and O–H groups in total. The molecule has 2 aliphatic heterocycles. The van der Waals surface area contributed by atoms with Crippen LogP contribution in [0.5, 0.6) is 0 Å². The van der Waals surface area contributed by atoms with Gasteiger partial charge in [0.25, 0.3) is 11.8 Å². The highest BCUT2D eigenvalue weighted by atomic mass is 32.1. The zero-order chi connectivity index (χ0) is 35.0. The van der Waals surface area contributed by atoms with Gasteiger partial charge >= 0.3 is 0 Å². The highest BCUT2D eigenvalue weighted by Crippen LogP contribution is 2.40. The molecule has 8 aromatic rings. The normalized spacial score (nSPS) is 13.5. The number of benzene rings is 2. The summed E-state index contributed by atoms with van der Waals surface area (Å²) < 4.78 is 5.02. The van der Waals surface area contributed by atoms with Gasteiger partial charge in [-0.1, -0.05) is 36.4 Å². The Morgan fingerprint density at radius 3 is 1.81 bits per heavy atom. The Hall–Kier alpha value is -6.38. The number of carbonyl (C=O) groups excluding carboxylic acids is 2. The van der Waals surface area contributed by atoms with Gasteiger partial charge in [-0.15, -0.1) is 22.7 Å². The van der Waals surface area contributed by atoms with Crippen molar-refractivity contribution in [3.63, 3.8) is 0 Å². The largest absolute Gasteiger partial charge is 0.353 e. The van der Waals surface area contributed by atoms with Gasteiger partial charge in [0.15, 0.2) is 0 Å². The molecule has 12 nitrogen and oxygen atoms in total. The quantitative estimate of drug-likeness (QED) is 0.140. The molecule has 10 rings (SSSR count). The molecular formula is C38H30N10O2S2. The number of hydrogen-bond acceptors (Lipinski definition) is 10. The van der Waals surface area contributed by atoms with Crippen LogP contribution >= 0.6 is 22.7 Å². The molecule has 0 radical (unpaired) electrons. The number of thiophene rings is 2. The Morgan fingerprint density at radius 2 is 1.17 bits per heavy atom. The van der Waals surface area contributed by atoms with Gasteiger partial charge in [-0.2, -0.15) is 0 Å². The predicted octanol–water partition coefficient (Wildman–Crippen LogP) is 7.29. The molecule has 0 spiro atoms. The van der Waals surface area contributed by atoms with Crippen molar-refractivity contribution in [3.8, 4) is 22.5 Å². The van der Waals surface area contributed by atoms with Crippen LogP contribution in [0.3, 0.4) is 0 Å². The smallest absolute Gasteiger partial charge is 0.270 e. The molecule has 0 atom stereocenters. The lowest BCUT2D eigenvalue weighted by Gasteiger charge is -2.17. The summed E-state index contributed by atoms with van der Waals surface area (Å²) in [5, 5.41) is 17.7. The maximum absolute atomic E-state index is 12.6. The van der Waals surface area contributed by atoms with Crippen molar-refractivity contribution in [1.82, 2.24) is 39.7 Å². The molecule has 0 bridgehead atoms. The number of amides is 2. The van der Waals surface area contributed by atoms with E-state index in [2.05, 4.69) is 41.2 Å². The van der Waals surface area contributed by atoms with E-state index in [4.69, 9.17) is 0 Å². The van der Waals surface area contributed by atoms with Gasteiger partial charge in [-0.3, -0.25) is 9.59 Å². The molecule has 0 unspecified atom stereocenters. The fraction of sp³-hybridized carbons (Fsp3) is 0.105. The number of aromatic nitrogens is 6. The van der Waals surface area contributed by atoms with Gasteiger partial charge in [0, 0.05) is 66.5 Å². The Kier molecular flexibility index (Phi) is 8.14. The summed E-state index contributed by atoms with van der Waals surface area (Å²) in [6.45, 7) is 2.73. The van der Waals surface area contributed by atoms with E-state index in [-0.39, 0.29) is 11.8 Å². The summed E-state index contributed by atoms with van der Waals surface area (Å²) in [6.07, 6.45) is 7.18. The van der Waals surface area contributed by atoms with Crippen LogP contribution in [-0.2, 0) is 13.1 Å². The van der Waals surface area contributed by atoms with E-state index in [1.54, 1.807) is 35.3 Å². The van der Waals surface area contributed by atoms with Gasteiger partial charge in [-0.25, -0.2) is 19.9 Å². The van der Waals surface area contributed by atoms with Crippen LogP contribution in [0.25, 0.3) is 42.9 Å². The van der Waals surface area contributed by atoms with Crippen LogP contribution < -0.4 is 21.3 Å². The van der Waals surface area contributed by atoms with Gasteiger partial charge in [0.2, 0.25) is 0 Å². The fourth-order valence-corrected chi connectivity index (χ4v) is 8.21. The monoisotopic (exact) mass is 722 g/mol. The molecule has 2 aromatic carbocycles. The van der Waals surface area contributed by atoms with E-state index in [1.165, 1.54) is 0 Å². The predicted molar refractivity (Wildman–Crippen MR) is 206 cm³/mol. The minimum Gasteiger partial charge on any atom is -0.353 e. The molecule has 2 amide bonds. The summed E-state index contributed by atoms with van der Waals surface area (Å²) in [4.78, 5) is 43.8. The van der Waals surface area contributed by atoms with Crippen LogP contribution in [0.15, 0.2) is 109 Å². The van der Waals surface area contributed by atoms with Gasteiger partial charge in [0.1, 0.15) is 28.9 Å². The highest BCUT2D eigenvalue weighted by Gasteiger charge is 2.28. The van der Waals surface area contributed by atoms with Crippen molar-refractivity contribution in [2.45, 2.75) is 13.1 Å². The zero-order valence-electron chi connectivity index (χ0n) is 27.5. The number of para-hydroxylation sites is 2. The fourth-order valence-electron chi connectivity index (χ4n) is 6.63. The minimum absolute atomic E-state index is 0.0718. The Morgan fingerprint density at radius 1 is 0.615 bits per heavy atom. The first-order valence-corrected chi connectivity index (χ1v) is 18.4. The SMILES string of the molecule is O=C1NCCn2cc(-c3ncnc4ccsc34)c(Nc3ccccc3)c21.O=C1NCCn2cc(-c3ncnc4sccc34)c(Nc3ccccc3)c21. The number of rotatable bonds is 6. The van der Waals surface area contributed by atoms with Crippen LogP contribution in [0.1, 0.15) is 21.0 Å². The number of nitrogens with one attached hydrogen (secondary N) is 4. The number of nitrogens with zero attached hydrogens (tertiary/aromatic N) is 6. The topological polar surface area (TPSA) is 144 Å². The lowest BCUT2D eigenvalue weighted by molar-refractivity contribution is 0.0921. The average Bonchev–Trinajstić information content (AvgIpc) is 3.99. The second-order valence-electron chi connectivity index (χ2n) is 12.1. The molecule has 52 heavy (non-hydrogen) atoms. The summed E-state index contributed by atoms with van der Waals surface area (Å²) >= 11 is 3.19. The molecule has 256 valence electrons. The van der Waals surface area contributed by atoms with Crippen molar-refractivity contribution >= 4 is 77.7 Å². The third-order valence-corrected chi connectivity index (χ3v) is 10.7. The number of fused-ring (bicyclic) bond motifs is 4. The van der Waals surface area contributed by atoms with Crippen molar-refractivity contribution in [2.75, 3.05) is 23.7 Å². The second-order valence-corrected chi connectivity index (χ2v) is 13.9. The lowest BCUT2D eigenvalue weighted by Crippen LogP contribution is -2.35. The molecule has 0 saturated carbocycles. The maximum Gasteiger partial charge on any atom is 0.270 e.